The SMILES string of the molecule is Cc1nc(N2CCC(C)CC2)ncc1-c1cc(=O)n(-c2ccc(Cl)nn2)[nH]1. The third-order valence-electron chi connectivity index (χ3n) is 4.89. The molecule has 1 aliphatic heterocycles. The third-order valence-corrected chi connectivity index (χ3v) is 5.09. The summed E-state index contributed by atoms with van der Waals surface area (Å²) in [6.45, 7) is 6.15. The molecule has 1 aliphatic rings. The van der Waals surface area contributed by atoms with Crippen molar-refractivity contribution in [2.24, 2.45) is 5.92 Å². The number of rotatable bonds is 3. The van der Waals surface area contributed by atoms with Gasteiger partial charge in [0.2, 0.25) is 5.95 Å². The Labute approximate surface area is 161 Å². The van der Waals surface area contributed by atoms with Crippen LogP contribution in [0.3, 0.4) is 0 Å². The lowest BCUT2D eigenvalue weighted by Gasteiger charge is -2.30. The lowest BCUT2D eigenvalue weighted by molar-refractivity contribution is 0.434. The zero-order valence-electron chi connectivity index (χ0n) is 15.2. The van der Waals surface area contributed by atoms with Crippen molar-refractivity contribution in [3.8, 4) is 17.1 Å². The molecule has 1 fully saturated rings. The van der Waals surface area contributed by atoms with Crippen LogP contribution in [0.1, 0.15) is 25.5 Å². The van der Waals surface area contributed by atoms with Gasteiger partial charge in [0.25, 0.3) is 5.56 Å². The molecular weight excluding hydrogens is 366 g/mol. The molecule has 0 amide bonds. The predicted molar refractivity (Wildman–Crippen MR) is 103 cm³/mol. The van der Waals surface area contributed by atoms with Crippen molar-refractivity contribution in [3.63, 3.8) is 0 Å². The van der Waals surface area contributed by atoms with Crippen molar-refractivity contribution >= 4 is 17.5 Å². The van der Waals surface area contributed by atoms with E-state index in [2.05, 4.69) is 37.1 Å². The number of hydrogen-bond donors (Lipinski definition) is 1. The highest BCUT2D eigenvalue weighted by Gasteiger charge is 2.19. The van der Waals surface area contributed by atoms with E-state index in [0.29, 0.717) is 11.5 Å². The Bertz CT molecular complexity index is 1000. The summed E-state index contributed by atoms with van der Waals surface area (Å²) in [5.74, 6) is 1.87. The van der Waals surface area contributed by atoms with Crippen LogP contribution in [-0.4, -0.2) is 43.0 Å². The smallest absolute Gasteiger partial charge is 0.273 e. The Balaban J connectivity index is 1.63. The predicted octanol–water partition coefficient (Wildman–Crippen LogP) is 2.61. The van der Waals surface area contributed by atoms with Crippen LogP contribution in [0.2, 0.25) is 5.15 Å². The van der Waals surface area contributed by atoms with Crippen molar-refractivity contribution in [1.29, 1.82) is 0 Å². The standard InChI is InChI=1S/C18H20ClN7O/c1-11-5-7-25(8-6-11)18-20-10-13(12(2)21-18)14-9-17(27)26(24-14)16-4-3-15(19)22-23-16/h3-4,9-11,24H,5-8H2,1-2H3. The minimum atomic E-state index is -0.241. The first kappa shape index (κ1) is 17.7. The fourth-order valence-electron chi connectivity index (χ4n) is 3.21. The van der Waals surface area contributed by atoms with Crippen LogP contribution >= 0.6 is 11.6 Å². The number of halogens is 1. The summed E-state index contributed by atoms with van der Waals surface area (Å²) >= 11 is 5.76. The van der Waals surface area contributed by atoms with Crippen LogP contribution in [0.25, 0.3) is 17.1 Å². The van der Waals surface area contributed by atoms with Gasteiger partial charge in [0, 0.05) is 30.9 Å². The minimum absolute atomic E-state index is 0.241. The summed E-state index contributed by atoms with van der Waals surface area (Å²) in [5.41, 5.74) is 1.99. The van der Waals surface area contributed by atoms with E-state index in [1.54, 1.807) is 18.3 Å². The molecule has 3 aromatic rings. The van der Waals surface area contributed by atoms with Crippen molar-refractivity contribution < 1.29 is 0 Å². The first-order chi connectivity index (χ1) is 13.0. The molecular formula is C18H20ClN7O. The van der Waals surface area contributed by atoms with Crippen LogP contribution in [-0.2, 0) is 0 Å². The van der Waals surface area contributed by atoms with Gasteiger partial charge in [-0.15, -0.1) is 10.2 Å². The Morgan fingerprint density at radius 1 is 1.22 bits per heavy atom. The molecule has 9 heteroatoms. The molecule has 0 unspecified atom stereocenters. The largest absolute Gasteiger partial charge is 0.341 e. The van der Waals surface area contributed by atoms with E-state index in [9.17, 15) is 4.79 Å². The molecule has 4 rings (SSSR count). The first-order valence-electron chi connectivity index (χ1n) is 8.92. The summed E-state index contributed by atoms with van der Waals surface area (Å²) in [4.78, 5) is 23.7. The minimum Gasteiger partial charge on any atom is -0.341 e. The molecule has 4 heterocycles. The highest BCUT2D eigenvalue weighted by molar-refractivity contribution is 6.29. The Hall–Kier alpha value is -2.74. The number of nitrogens with zero attached hydrogens (tertiary/aromatic N) is 6. The number of H-pyrrole nitrogens is 1. The number of nitrogens with one attached hydrogen (secondary N) is 1. The fraction of sp³-hybridized carbons (Fsp3) is 0.389. The van der Waals surface area contributed by atoms with Gasteiger partial charge in [-0.05, 0) is 37.8 Å². The molecule has 0 spiro atoms. The Kier molecular flexibility index (Phi) is 4.65. The summed E-state index contributed by atoms with van der Waals surface area (Å²) < 4.78 is 1.32. The molecule has 27 heavy (non-hydrogen) atoms. The number of aryl methyl sites for hydroxylation is 1. The van der Waals surface area contributed by atoms with E-state index in [1.807, 2.05) is 6.92 Å². The van der Waals surface area contributed by atoms with Crippen LogP contribution in [0.4, 0.5) is 5.95 Å². The zero-order valence-corrected chi connectivity index (χ0v) is 15.9. The van der Waals surface area contributed by atoms with Gasteiger partial charge in [-0.1, -0.05) is 18.5 Å². The highest BCUT2D eigenvalue weighted by Crippen LogP contribution is 2.24. The number of piperidine rings is 1. The normalized spacial score (nSPS) is 15.3. The van der Waals surface area contributed by atoms with Gasteiger partial charge in [0.05, 0.1) is 11.4 Å². The van der Waals surface area contributed by atoms with Crippen molar-refractivity contribution in [2.45, 2.75) is 26.7 Å². The van der Waals surface area contributed by atoms with Crippen LogP contribution in [0.5, 0.6) is 0 Å². The number of aromatic nitrogens is 6. The van der Waals surface area contributed by atoms with Gasteiger partial charge in [0.1, 0.15) is 0 Å². The average molecular weight is 386 g/mol. The number of anilines is 1. The molecule has 0 bridgehead atoms. The molecule has 0 saturated carbocycles. The first-order valence-corrected chi connectivity index (χ1v) is 9.29. The molecule has 140 valence electrons. The second-order valence-electron chi connectivity index (χ2n) is 6.90. The van der Waals surface area contributed by atoms with Crippen molar-refractivity contribution in [3.05, 3.63) is 45.6 Å². The van der Waals surface area contributed by atoms with Crippen LogP contribution in [0.15, 0.2) is 29.2 Å². The summed E-state index contributed by atoms with van der Waals surface area (Å²) in [6, 6.07) is 4.71. The van der Waals surface area contributed by atoms with Crippen molar-refractivity contribution in [1.82, 2.24) is 29.9 Å². The Morgan fingerprint density at radius 2 is 2.00 bits per heavy atom. The molecule has 1 saturated heterocycles. The van der Waals surface area contributed by atoms with Gasteiger partial charge >= 0.3 is 0 Å². The van der Waals surface area contributed by atoms with Gasteiger partial charge in [0.15, 0.2) is 11.0 Å². The van der Waals surface area contributed by atoms with Crippen LogP contribution < -0.4 is 10.5 Å². The number of aromatic amines is 1. The van der Waals surface area contributed by atoms with E-state index >= 15 is 0 Å². The third kappa shape index (κ3) is 3.57. The molecule has 0 atom stereocenters. The topological polar surface area (TPSA) is 92.6 Å². The Morgan fingerprint density at radius 3 is 2.67 bits per heavy atom. The molecule has 1 N–H and O–H groups in total. The summed E-state index contributed by atoms with van der Waals surface area (Å²) in [7, 11) is 0. The lowest BCUT2D eigenvalue weighted by Crippen LogP contribution is -2.34. The monoisotopic (exact) mass is 385 g/mol. The number of hydrogen-bond acceptors (Lipinski definition) is 6. The maximum Gasteiger partial charge on any atom is 0.273 e. The lowest BCUT2D eigenvalue weighted by atomic mass is 10.00. The molecule has 0 aromatic carbocycles. The summed E-state index contributed by atoms with van der Waals surface area (Å²) in [5, 5.41) is 11.0. The maximum absolute atomic E-state index is 12.3. The van der Waals surface area contributed by atoms with E-state index in [0.717, 1.165) is 49.1 Å². The van der Waals surface area contributed by atoms with E-state index in [4.69, 9.17) is 11.6 Å². The fourth-order valence-corrected chi connectivity index (χ4v) is 3.31. The van der Waals surface area contributed by atoms with E-state index in [1.165, 1.54) is 10.7 Å². The van der Waals surface area contributed by atoms with Gasteiger partial charge < -0.3 is 4.90 Å². The van der Waals surface area contributed by atoms with Gasteiger partial charge in [-0.2, -0.15) is 4.68 Å². The van der Waals surface area contributed by atoms with Gasteiger partial charge in [-0.3, -0.25) is 9.89 Å². The maximum atomic E-state index is 12.3. The second kappa shape index (κ2) is 7.11. The molecule has 0 radical (unpaired) electrons. The van der Waals surface area contributed by atoms with Crippen LogP contribution in [0, 0.1) is 12.8 Å². The molecule has 3 aromatic heterocycles. The second-order valence-corrected chi connectivity index (χ2v) is 7.28. The van der Waals surface area contributed by atoms with E-state index < -0.39 is 0 Å². The van der Waals surface area contributed by atoms with Crippen molar-refractivity contribution in [2.75, 3.05) is 18.0 Å². The molecule has 8 nitrogen and oxygen atoms in total. The molecule has 0 aliphatic carbocycles. The van der Waals surface area contributed by atoms with E-state index in [-0.39, 0.29) is 10.7 Å². The zero-order chi connectivity index (χ0) is 19.0. The van der Waals surface area contributed by atoms with Gasteiger partial charge in [-0.25, -0.2) is 9.97 Å². The quantitative estimate of drug-likeness (QED) is 0.745. The summed E-state index contributed by atoms with van der Waals surface area (Å²) in [6.07, 6.45) is 4.07. The average Bonchev–Trinajstić information content (AvgIpc) is 3.04. The highest BCUT2D eigenvalue weighted by atomic mass is 35.5.